The highest BCUT2D eigenvalue weighted by atomic mass is 16.5. The summed E-state index contributed by atoms with van der Waals surface area (Å²) in [6, 6.07) is 8.09. The zero-order valence-corrected chi connectivity index (χ0v) is 20.7. The van der Waals surface area contributed by atoms with Gasteiger partial charge in [0.05, 0.1) is 17.3 Å². The number of anilines is 1. The van der Waals surface area contributed by atoms with Crippen LogP contribution in [0.1, 0.15) is 33.6 Å². The van der Waals surface area contributed by atoms with Crippen molar-refractivity contribution in [3.05, 3.63) is 30.6 Å². The third-order valence-corrected chi connectivity index (χ3v) is 7.11. The lowest BCUT2D eigenvalue weighted by molar-refractivity contribution is 0.157. The van der Waals surface area contributed by atoms with Gasteiger partial charge >= 0.3 is 0 Å². The number of piperazine rings is 1. The molecule has 2 aliphatic rings. The molecule has 2 fully saturated rings. The number of H-pyrrole nitrogens is 1. The first-order valence-corrected chi connectivity index (χ1v) is 12.7. The number of nitrogens with one attached hydrogen (secondary N) is 1. The molecule has 0 saturated carbocycles. The molecule has 4 heterocycles. The molecule has 2 aromatic heterocycles. The van der Waals surface area contributed by atoms with Crippen molar-refractivity contribution in [1.29, 1.82) is 0 Å². The number of hydrogen-bond donors (Lipinski definition) is 1. The Bertz CT molecular complexity index is 1080. The average molecular weight is 464 g/mol. The zero-order chi connectivity index (χ0) is 23.5. The number of benzene rings is 1. The Labute approximate surface area is 202 Å². The fraction of sp³-hybridized carbons (Fsp3) is 0.577. The number of likely N-dealkylation sites (tertiary alicyclic amines) is 1. The molecule has 0 amide bonds. The van der Waals surface area contributed by atoms with E-state index in [4.69, 9.17) is 4.74 Å². The molecule has 0 aliphatic carbocycles. The monoisotopic (exact) mass is 463 g/mol. The molecule has 2 saturated heterocycles. The molecule has 0 spiro atoms. The number of piperidine rings is 1. The minimum absolute atomic E-state index is 0.126. The number of nitrogens with zero attached hydrogens (tertiary/aromatic N) is 6. The molecule has 0 atom stereocenters. The maximum Gasteiger partial charge on any atom is 0.132 e. The lowest BCUT2D eigenvalue weighted by atomic mass is 9.99. The number of aromatic nitrogens is 4. The van der Waals surface area contributed by atoms with Gasteiger partial charge in [-0.3, -0.25) is 10.00 Å². The molecule has 0 unspecified atom stereocenters. The summed E-state index contributed by atoms with van der Waals surface area (Å²) >= 11 is 0. The first kappa shape index (κ1) is 23.1. The molecular formula is C26H37N7O. The summed E-state index contributed by atoms with van der Waals surface area (Å²) in [5, 5.41) is 8.69. The van der Waals surface area contributed by atoms with Crippen LogP contribution in [0.5, 0.6) is 5.75 Å². The van der Waals surface area contributed by atoms with Crippen LogP contribution < -0.4 is 9.64 Å². The first-order valence-electron chi connectivity index (χ1n) is 12.7. The third kappa shape index (κ3) is 5.33. The van der Waals surface area contributed by atoms with Gasteiger partial charge in [0.15, 0.2) is 0 Å². The molecule has 1 aromatic carbocycles. The summed E-state index contributed by atoms with van der Waals surface area (Å²) in [6.45, 7) is 15.4. The second-order valence-corrected chi connectivity index (χ2v) is 10.1. The quantitative estimate of drug-likeness (QED) is 0.573. The smallest absolute Gasteiger partial charge is 0.132 e. The van der Waals surface area contributed by atoms with E-state index in [-0.39, 0.29) is 6.10 Å². The first-order chi connectivity index (χ1) is 16.5. The van der Waals surface area contributed by atoms with Gasteiger partial charge in [0, 0.05) is 50.7 Å². The summed E-state index contributed by atoms with van der Waals surface area (Å²) < 4.78 is 5.88. The van der Waals surface area contributed by atoms with Crippen LogP contribution in [-0.2, 0) is 0 Å². The van der Waals surface area contributed by atoms with Gasteiger partial charge in [-0.15, -0.1) is 0 Å². The van der Waals surface area contributed by atoms with Crippen molar-refractivity contribution in [1.82, 2.24) is 30.0 Å². The van der Waals surface area contributed by atoms with E-state index in [1.807, 2.05) is 32.0 Å². The van der Waals surface area contributed by atoms with E-state index in [9.17, 15) is 0 Å². The molecule has 34 heavy (non-hydrogen) atoms. The maximum absolute atomic E-state index is 5.88. The fourth-order valence-corrected chi connectivity index (χ4v) is 4.95. The van der Waals surface area contributed by atoms with E-state index in [0.717, 1.165) is 72.5 Å². The van der Waals surface area contributed by atoms with Crippen LogP contribution in [0.3, 0.4) is 0 Å². The van der Waals surface area contributed by atoms with Crippen molar-refractivity contribution in [3.63, 3.8) is 0 Å². The van der Waals surface area contributed by atoms with Crippen molar-refractivity contribution in [3.8, 4) is 17.1 Å². The van der Waals surface area contributed by atoms with Gasteiger partial charge in [0.25, 0.3) is 0 Å². The molecule has 2 aliphatic heterocycles. The van der Waals surface area contributed by atoms with Gasteiger partial charge in [0.2, 0.25) is 0 Å². The summed E-state index contributed by atoms with van der Waals surface area (Å²) in [5.41, 5.74) is 2.64. The van der Waals surface area contributed by atoms with Crippen LogP contribution in [0.2, 0.25) is 0 Å². The number of fused-ring (bicyclic) bond motifs is 1. The SMILES string of the molecule is CC1CCN(CCN2CCN(c3cc(-c4n[nH]c5ccc(OC(C)C)cc45)ncn3)CC2)CC1. The molecule has 3 aromatic rings. The van der Waals surface area contributed by atoms with Gasteiger partial charge in [-0.1, -0.05) is 6.92 Å². The second-order valence-electron chi connectivity index (χ2n) is 10.1. The average Bonchev–Trinajstić information content (AvgIpc) is 3.27. The Kier molecular flexibility index (Phi) is 6.97. The summed E-state index contributed by atoms with van der Waals surface area (Å²) in [7, 11) is 0. The highest BCUT2D eigenvalue weighted by molar-refractivity contribution is 5.93. The molecule has 182 valence electrons. The Morgan fingerprint density at radius 1 is 0.971 bits per heavy atom. The van der Waals surface area contributed by atoms with Crippen LogP contribution >= 0.6 is 0 Å². The Morgan fingerprint density at radius 2 is 1.71 bits per heavy atom. The van der Waals surface area contributed by atoms with Gasteiger partial charge in [-0.25, -0.2) is 9.97 Å². The van der Waals surface area contributed by atoms with Crippen LogP contribution in [-0.4, -0.2) is 88.4 Å². The highest BCUT2D eigenvalue weighted by Crippen LogP contribution is 2.30. The Hall–Kier alpha value is -2.71. The minimum Gasteiger partial charge on any atom is -0.491 e. The number of hydrogen-bond acceptors (Lipinski definition) is 7. The van der Waals surface area contributed by atoms with E-state index in [1.54, 1.807) is 6.33 Å². The van der Waals surface area contributed by atoms with Crippen molar-refractivity contribution in [2.45, 2.75) is 39.7 Å². The molecule has 8 nitrogen and oxygen atoms in total. The third-order valence-electron chi connectivity index (χ3n) is 7.11. The number of ether oxygens (including phenoxy) is 1. The van der Waals surface area contributed by atoms with Crippen LogP contribution in [0.15, 0.2) is 30.6 Å². The van der Waals surface area contributed by atoms with Crippen molar-refractivity contribution in [2.75, 3.05) is 57.3 Å². The van der Waals surface area contributed by atoms with Gasteiger partial charge in [0.1, 0.15) is 23.6 Å². The zero-order valence-electron chi connectivity index (χ0n) is 20.7. The summed E-state index contributed by atoms with van der Waals surface area (Å²) in [4.78, 5) is 16.7. The van der Waals surface area contributed by atoms with E-state index in [2.05, 4.69) is 47.9 Å². The molecule has 5 rings (SSSR count). The highest BCUT2D eigenvalue weighted by Gasteiger charge is 2.21. The van der Waals surface area contributed by atoms with Gasteiger partial charge in [-0.05, 0) is 63.9 Å². The minimum atomic E-state index is 0.126. The van der Waals surface area contributed by atoms with Crippen molar-refractivity contribution >= 4 is 16.7 Å². The predicted molar refractivity (Wildman–Crippen MR) is 136 cm³/mol. The topological polar surface area (TPSA) is 73.4 Å². The summed E-state index contributed by atoms with van der Waals surface area (Å²) in [5.74, 6) is 2.71. The predicted octanol–water partition coefficient (Wildman–Crippen LogP) is 3.66. The van der Waals surface area contributed by atoms with Crippen molar-refractivity contribution in [2.24, 2.45) is 5.92 Å². The largest absolute Gasteiger partial charge is 0.491 e. The molecular weight excluding hydrogens is 426 g/mol. The second kappa shape index (κ2) is 10.3. The lowest BCUT2D eigenvalue weighted by Crippen LogP contribution is -2.49. The van der Waals surface area contributed by atoms with Gasteiger partial charge in [-0.2, -0.15) is 5.10 Å². The van der Waals surface area contributed by atoms with E-state index < -0.39 is 0 Å². The molecule has 0 radical (unpaired) electrons. The van der Waals surface area contributed by atoms with E-state index >= 15 is 0 Å². The molecule has 8 heteroatoms. The lowest BCUT2D eigenvalue weighted by Gasteiger charge is -2.37. The maximum atomic E-state index is 5.88. The summed E-state index contributed by atoms with van der Waals surface area (Å²) in [6.07, 6.45) is 4.48. The fourth-order valence-electron chi connectivity index (χ4n) is 4.95. The van der Waals surface area contributed by atoms with E-state index in [0.29, 0.717) is 0 Å². The number of aromatic amines is 1. The normalized spacial score (nSPS) is 18.8. The number of rotatable bonds is 7. The van der Waals surface area contributed by atoms with Crippen LogP contribution in [0.4, 0.5) is 5.82 Å². The Balaban J connectivity index is 1.22. The van der Waals surface area contributed by atoms with Crippen LogP contribution in [0, 0.1) is 5.92 Å². The standard InChI is InChI=1S/C26H37N7O/c1-19(2)34-21-4-5-23-22(16-21)26(30-29-23)24-17-25(28-18-27-24)33-14-12-32(13-15-33)11-10-31-8-6-20(3)7-9-31/h4-5,16-20H,6-15H2,1-3H3,(H,29,30). The molecule has 1 N–H and O–H groups in total. The van der Waals surface area contributed by atoms with Gasteiger partial charge < -0.3 is 14.5 Å². The molecule has 0 bridgehead atoms. The Morgan fingerprint density at radius 3 is 2.44 bits per heavy atom. The van der Waals surface area contributed by atoms with Crippen molar-refractivity contribution < 1.29 is 4.74 Å². The van der Waals surface area contributed by atoms with Crippen LogP contribution in [0.25, 0.3) is 22.3 Å². The van der Waals surface area contributed by atoms with E-state index in [1.165, 1.54) is 32.5 Å².